The number of thiophene rings is 1. The topological polar surface area (TPSA) is 76.0 Å². The van der Waals surface area contributed by atoms with Crippen molar-refractivity contribution >= 4 is 38.0 Å². The summed E-state index contributed by atoms with van der Waals surface area (Å²) in [6.07, 6.45) is 9.51. The van der Waals surface area contributed by atoms with Gasteiger partial charge in [0.25, 0.3) is 0 Å². The van der Waals surface area contributed by atoms with Gasteiger partial charge in [-0.05, 0) is 67.0 Å². The quantitative estimate of drug-likeness (QED) is 0.0814. The van der Waals surface area contributed by atoms with E-state index >= 15 is 0 Å². The van der Waals surface area contributed by atoms with Crippen molar-refractivity contribution in [2.24, 2.45) is 17.8 Å². The van der Waals surface area contributed by atoms with Crippen molar-refractivity contribution in [3.05, 3.63) is 89.4 Å². The Labute approximate surface area is 311 Å². The summed E-state index contributed by atoms with van der Waals surface area (Å²) in [6, 6.07) is 20.7. The van der Waals surface area contributed by atoms with E-state index in [1.165, 1.54) is 32.0 Å². The summed E-state index contributed by atoms with van der Waals surface area (Å²) in [7, 11) is 0. The van der Waals surface area contributed by atoms with E-state index in [1.54, 1.807) is 6.33 Å². The maximum atomic E-state index is 11.7. The molecular formula is C42H52IrN3O2S-. The molecule has 1 N–H and O–H groups in total. The summed E-state index contributed by atoms with van der Waals surface area (Å²) in [5, 5.41) is 13.3. The Morgan fingerprint density at radius 1 is 0.898 bits per heavy atom. The first-order chi connectivity index (χ1) is 22.9. The zero-order valence-electron chi connectivity index (χ0n) is 30.6. The van der Waals surface area contributed by atoms with E-state index in [4.69, 9.17) is 4.98 Å². The molecule has 2 aromatic carbocycles. The molecule has 0 unspecified atom stereocenters. The second kappa shape index (κ2) is 18.1. The summed E-state index contributed by atoms with van der Waals surface area (Å²) >= 11 is 1.83. The molecule has 3 heterocycles. The number of fused-ring (bicyclic) bond motifs is 2. The molecular weight excluding hydrogens is 803 g/mol. The van der Waals surface area contributed by atoms with Crippen molar-refractivity contribution in [1.82, 2.24) is 15.0 Å². The Hall–Kier alpha value is -3.25. The number of rotatable bonds is 11. The van der Waals surface area contributed by atoms with Crippen LogP contribution in [0.3, 0.4) is 0 Å². The Bertz CT molecular complexity index is 1860. The molecule has 0 saturated carbocycles. The van der Waals surface area contributed by atoms with E-state index in [9.17, 15) is 9.90 Å². The molecule has 5 rings (SSSR count). The van der Waals surface area contributed by atoms with Gasteiger partial charge < -0.3 is 5.11 Å². The van der Waals surface area contributed by atoms with Gasteiger partial charge in [-0.1, -0.05) is 91.5 Å². The molecule has 0 saturated heterocycles. The Balaban J connectivity index is 0.000000347. The SMILES string of the molecule is CC(C)Cc1cc2ccnc(-c3cc(-c4[c-]c5ccccc5c(C(C)(C)C)c4)ncn3)c2s1.CCC(CC)C(=O)/C=C(\O)C(CC)CC.[Ir]. The first-order valence-corrected chi connectivity index (χ1v) is 18.3. The third-order valence-electron chi connectivity index (χ3n) is 8.94. The number of nitrogens with zero attached hydrogens (tertiary/aromatic N) is 3. The number of aromatic nitrogens is 3. The van der Waals surface area contributed by atoms with Gasteiger partial charge in [-0.2, -0.15) is 0 Å². The van der Waals surface area contributed by atoms with Gasteiger partial charge in [-0.25, -0.2) is 4.98 Å². The van der Waals surface area contributed by atoms with E-state index in [0.717, 1.165) is 60.1 Å². The zero-order valence-corrected chi connectivity index (χ0v) is 33.8. The molecule has 1 radical (unpaired) electrons. The second-order valence-corrected chi connectivity index (χ2v) is 15.2. The van der Waals surface area contributed by atoms with Crippen molar-refractivity contribution in [3.63, 3.8) is 0 Å². The van der Waals surface area contributed by atoms with Gasteiger partial charge in [-0.15, -0.1) is 40.5 Å². The van der Waals surface area contributed by atoms with Gasteiger partial charge in [0, 0.05) is 54.8 Å². The number of aliphatic hydroxyl groups is 1. The molecule has 0 aliphatic rings. The van der Waals surface area contributed by atoms with Crippen LogP contribution in [-0.4, -0.2) is 25.8 Å². The fourth-order valence-electron chi connectivity index (χ4n) is 6.11. The van der Waals surface area contributed by atoms with Gasteiger partial charge in [0.05, 0.1) is 16.2 Å². The van der Waals surface area contributed by atoms with Crippen LogP contribution in [-0.2, 0) is 36.7 Å². The van der Waals surface area contributed by atoms with Crippen LogP contribution in [0.15, 0.2) is 72.9 Å². The minimum atomic E-state index is 0. The fraction of sp³-hybridized carbons (Fsp3) is 0.429. The predicted molar refractivity (Wildman–Crippen MR) is 204 cm³/mol. The van der Waals surface area contributed by atoms with Crippen LogP contribution in [0, 0.1) is 23.8 Å². The summed E-state index contributed by atoms with van der Waals surface area (Å²) in [5.41, 5.74) is 4.94. The molecule has 5 nitrogen and oxygen atoms in total. The summed E-state index contributed by atoms with van der Waals surface area (Å²) in [4.78, 5) is 27.1. The Morgan fingerprint density at radius 3 is 2.18 bits per heavy atom. The van der Waals surface area contributed by atoms with E-state index < -0.39 is 0 Å². The molecule has 0 aliphatic heterocycles. The Morgan fingerprint density at radius 2 is 1.55 bits per heavy atom. The summed E-state index contributed by atoms with van der Waals surface area (Å²) in [5.74, 6) is 1.17. The molecule has 49 heavy (non-hydrogen) atoms. The second-order valence-electron chi connectivity index (χ2n) is 14.1. The third kappa shape index (κ3) is 10.2. The zero-order chi connectivity index (χ0) is 35.0. The first-order valence-electron chi connectivity index (χ1n) is 17.5. The van der Waals surface area contributed by atoms with E-state index in [1.807, 2.05) is 45.2 Å². The number of carbonyl (C=O) groups is 1. The van der Waals surface area contributed by atoms with Gasteiger partial charge >= 0.3 is 0 Å². The van der Waals surface area contributed by atoms with Crippen LogP contribution in [0.2, 0.25) is 0 Å². The molecule has 0 amide bonds. The normalized spacial score (nSPS) is 12.0. The van der Waals surface area contributed by atoms with Crippen LogP contribution in [0.4, 0.5) is 0 Å². The van der Waals surface area contributed by atoms with Crippen molar-refractivity contribution < 1.29 is 30.0 Å². The summed E-state index contributed by atoms with van der Waals surface area (Å²) in [6.45, 7) is 19.3. The minimum Gasteiger partial charge on any atom is -0.512 e. The maximum Gasteiger partial charge on any atom is 0.162 e. The number of allylic oxidation sites excluding steroid dienone is 2. The van der Waals surface area contributed by atoms with E-state index in [0.29, 0.717) is 5.92 Å². The van der Waals surface area contributed by atoms with Gasteiger partial charge in [-0.3, -0.25) is 14.8 Å². The molecule has 0 atom stereocenters. The van der Waals surface area contributed by atoms with Gasteiger partial charge in [0.1, 0.15) is 12.0 Å². The Kier molecular flexibility index (Phi) is 14.9. The van der Waals surface area contributed by atoms with Gasteiger partial charge in [0.2, 0.25) is 0 Å². The third-order valence-corrected chi connectivity index (χ3v) is 10.1. The van der Waals surface area contributed by atoms with Crippen molar-refractivity contribution in [3.8, 4) is 22.6 Å². The molecule has 7 heteroatoms. The molecule has 5 aromatic rings. The predicted octanol–water partition coefficient (Wildman–Crippen LogP) is 11.7. The molecule has 263 valence electrons. The number of aliphatic hydroxyl groups excluding tert-OH is 1. The molecule has 3 aromatic heterocycles. The summed E-state index contributed by atoms with van der Waals surface area (Å²) < 4.78 is 1.19. The molecule has 0 aliphatic carbocycles. The average Bonchev–Trinajstić information content (AvgIpc) is 3.47. The maximum absolute atomic E-state index is 11.7. The number of ketones is 1. The van der Waals surface area contributed by atoms with Crippen LogP contribution in [0.5, 0.6) is 0 Å². The van der Waals surface area contributed by atoms with E-state index in [2.05, 4.69) is 99.2 Å². The molecule has 0 fully saturated rings. The standard InChI is InChI=1S/C29H28N3S.C13H24O2.Ir/c1-18(2)12-22-14-20-10-11-30-27(28(20)33-22)26-16-25(31-17-32-26)21-13-19-8-6-7-9-23(19)24(15-21)29(3,4)5;1-5-10(6-2)12(14)9-13(15)11(7-3)8-4;/h6-11,14-18H,12H2,1-5H3;9-11,14H,5-8H2,1-4H3;/q-1;;/b;12-9-;. The smallest absolute Gasteiger partial charge is 0.162 e. The number of hydrogen-bond donors (Lipinski definition) is 1. The van der Waals surface area contributed by atoms with E-state index in [-0.39, 0.29) is 48.9 Å². The largest absolute Gasteiger partial charge is 0.512 e. The van der Waals surface area contributed by atoms with Crippen LogP contribution >= 0.6 is 11.3 Å². The average molecular weight is 855 g/mol. The molecule has 0 bridgehead atoms. The number of carbonyl (C=O) groups excluding carboxylic acids is 1. The van der Waals surface area contributed by atoms with Crippen LogP contribution in [0.25, 0.3) is 43.5 Å². The minimum absolute atomic E-state index is 0. The first kappa shape index (κ1) is 40.2. The van der Waals surface area contributed by atoms with Crippen LogP contribution in [0.1, 0.15) is 98.4 Å². The van der Waals surface area contributed by atoms with Crippen molar-refractivity contribution in [1.29, 1.82) is 0 Å². The number of hydrogen-bond acceptors (Lipinski definition) is 6. The molecule has 0 spiro atoms. The van der Waals surface area contributed by atoms with Gasteiger partial charge in [0.15, 0.2) is 5.78 Å². The van der Waals surface area contributed by atoms with Crippen LogP contribution < -0.4 is 0 Å². The van der Waals surface area contributed by atoms with Crippen molar-refractivity contribution in [2.45, 2.75) is 99.8 Å². The monoisotopic (exact) mass is 855 g/mol. The number of pyridine rings is 1. The number of benzene rings is 2. The fourth-order valence-corrected chi connectivity index (χ4v) is 7.47. The van der Waals surface area contributed by atoms with Crippen molar-refractivity contribution in [2.75, 3.05) is 0 Å².